The zero-order chi connectivity index (χ0) is 16.8. The topological polar surface area (TPSA) is 55.1 Å². The minimum Gasteiger partial charge on any atom is -0.355 e. The molecule has 0 saturated heterocycles. The number of nitrogens with one attached hydrogen (secondary N) is 1. The van der Waals surface area contributed by atoms with E-state index in [0.717, 1.165) is 49.0 Å². The van der Waals surface area contributed by atoms with E-state index in [1.54, 1.807) is 11.3 Å². The van der Waals surface area contributed by atoms with Crippen molar-refractivity contribution in [1.82, 2.24) is 10.5 Å². The van der Waals surface area contributed by atoms with Gasteiger partial charge in [-0.3, -0.25) is 4.79 Å². The highest BCUT2D eigenvalue weighted by molar-refractivity contribution is 7.10. The fourth-order valence-corrected chi connectivity index (χ4v) is 4.91. The van der Waals surface area contributed by atoms with Crippen molar-refractivity contribution in [2.24, 2.45) is 0 Å². The molecule has 1 unspecified atom stereocenters. The van der Waals surface area contributed by atoms with Crippen molar-refractivity contribution < 1.29 is 9.32 Å². The van der Waals surface area contributed by atoms with Gasteiger partial charge in [0.15, 0.2) is 11.5 Å². The Kier molecular flexibility index (Phi) is 3.48. The third kappa shape index (κ3) is 2.42. The summed E-state index contributed by atoms with van der Waals surface area (Å²) in [5.74, 6) is 0.655. The molecule has 2 heterocycles. The summed E-state index contributed by atoms with van der Waals surface area (Å²) in [6, 6.07) is 10.5. The number of aryl methyl sites for hydroxylation is 2. The van der Waals surface area contributed by atoms with Crippen molar-refractivity contribution in [2.45, 2.75) is 38.1 Å². The van der Waals surface area contributed by atoms with Gasteiger partial charge >= 0.3 is 0 Å². The van der Waals surface area contributed by atoms with Gasteiger partial charge in [-0.05, 0) is 54.7 Å². The summed E-state index contributed by atoms with van der Waals surface area (Å²) < 4.78 is 5.55. The molecule has 0 spiro atoms. The number of fused-ring (bicyclic) bond motifs is 4. The molecule has 0 fully saturated rings. The minimum atomic E-state index is -0.120. The van der Waals surface area contributed by atoms with Crippen LogP contribution >= 0.6 is 11.3 Å². The number of hydrogen-bond donors (Lipinski definition) is 1. The highest BCUT2D eigenvalue weighted by atomic mass is 32.1. The molecule has 1 atom stereocenters. The molecule has 4 nitrogen and oxygen atoms in total. The molecule has 126 valence electrons. The summed E-state index contributed by atoms with van der Waals surface area (Å²) in [5.41, 5.74) is 5.08. The lowest BCUT2D eigenvalue weighted by atomic mass is 9.87. The van der Waals surface area contributed by atoms with Gasteiger partial charge in [0.25, 0.3) is 5.91 Å². The maximum Gasteiger partial charge on any atom is 0.274 e. The number of carbonyl (C=O) groups excluding carboxylic acids is 1. The Morgan fingerprint density at radius 3 is 3.08 bits per heavy atom. The Morgan fingerprint density at radius 1 is 1.20 bits per heavy atom. The number of thiophene rings is 1. The summed E-state index contributed by atoms with van der Waals surface area (Å²) in [6.45, 7) is 0. The Balaban J connectivity index is 1.44. The van der Waals surface area contributed by atoms with E-state index in [1.165, 1.54) is 16.0 Å². The van der Waals surface area contributed by atoms with Crippen molar-refractivity contribution in [2.75, 3.05) is 0 Å². The molecule has 5 heteroatoms. The molecule has 1 N–H and O–H groups in total. The van der Waals surface area contributed by atoms with Crippen LogP contribution in [0.1, 0.15) is 50.9 Å². The smallest absolute Gasteiger partial charge is 0.274 e. The second-order valence-electron chi connectivity index (χ2n) is 6.71. The predicted octanol–water partition coefficient (Wildman–Crippen LogP) is 4.31. The molecular formula is C20H18N2O2S. The van der Waals surface area contributed by atoms with Gasteiger partial charge in [-0.15, -0.1) is 11.3 Å². The van der Waals surface area contributed by atoms with E-state index < -0.39 is 0 Å². The standard InChI is InChI=1S/C20H18N2O2S/c23-20(21-16-7-3-5-12-4-1-2-6-13(12)16)18-15-8-9-17-14(10-11-25-17)19(15)24-22-18/h1-2,4,6,10-11,16H,3,5,7-9H2,(H,21,23). The Bertz CT molecular complexity index is 956. The van der Waals surface area contributed by atoms with Crippen LogP contribution in [0.2, 0.25) is 0 Å². The van der Waals surface area contributed by atoms with Crippen LogP contribution in [0.15, 0.2) is 40.2 Å². The lowest BCUT2D eigenvalue weighted by Gasteiger charge is -2.26. The molecular weight excluding hydrogens is 332 g/mol. The first-order chi connectivity index (χ1) is 12.3. The van der Waals surface area contributed by atoms with Gasteiger partial charge in [0.1, 0.15) is 0 Å². The number of amides is 1. The molecule has 0 radical (unpaired) electrons. The second-order valence-corrected chi connectivity index (χ2v) is 7.71. The first-order valence-electron chi connectivity index (χ1n) is 8.75. The van der Waals surface area contributed by atoms with Crippen LogP contribution in [0.4, 0.5) is 0 Å². The molecule has 0 saturated carbocycles. The van der Waals surface area contributed by atoms with Gasteiger partial charge in [-0.25, -0.2) is 0 Å². The summed E-state index contributed by atoms with van der Waals surface area (Å²) >= 11 is 1.74. The van der Waals surface area contributed by atoms with Gasteiger partial charge in [0.2, 0.25) is 0 Å². The van der Waals surface area contributed by atoms with Crippen molar-refractivity contribution >= 4 is 17.2 Å². The molecule has 5 rings (SSSR count). The number of aromatic nitrogens is 1. The lowest BCUT2D eigenvalue weighted by molar-refractivity contribution is 0.0923. The summed E-state index contributed by atoms with van der Waals surface area (Å²) in [7, 11) is 0. The van der Waals surface area contributed by atoms with Crippen molar-refractivity contribution in [3.05, 3.63) is 63.0 Å². The molecule has 2 aliphatic rings. The van der Waals surface area contributed by atoms with Crippen LogP contribution in [0, 0.1) is 0 Å². The van der Waals surface area contributed by atoms with Crippen molar-refractivity contribution in [1.29, 1.82) is 0 Å². The highest BCUT2D eigenvalue weighted by Gasteiger charge is 2.30. The number of hydrogen-bond acceptors (Lipinski definition) is 4. The maximum absolute atomic E-state index is 12.9. The van der Waals surface area contributed by atoms with E-state index in [0.29, 0.717) is 5.69 Å². The van der Waals surface area contributed by atoms with E-state index in [-0.39, 0.29) is 11.9 Å². The number of rotatable bonds is 2. The summed E-state index contributed by atoms with van der Waals surface area (Å²) in [4.78, 5) is 14.2. The number of carbonyl (C=O) groups is 1. The maximum atomic E-state index is 12.9. The monoisotopic (exact) mass is 350 g/mol. The van der Waals surface area contributed by atoms with E-state index in [4.69, 9.17) is 4.52 Å². The van der Waals surface area contributed by atoms with Crippen LogP contribution in [0.3, 0.4) is 0 Å². The van der Waals surface area contributed by atoms with E-state index >= 15 is 0 Å². The van der Waals surface area contributed by atoms with Crippen LogP contribution in [0.25, 0.3) is 11.3 Å². The van der Waals surface area contributed by atoms with Gasteiger partial charge in [0.05, 0.1) is 6.04 Å². The molecule has 3 aromatic rings. The van der Waals surface area contributed by atoms with Gasteiger partial charge < -0.3 is 9.84 Å². The molecule has 0 aliphatic heterocycles. The third-order valence-corrected chi connectivity index (χ3v) is 6.25. The van der Waals surface area contributed by atoms with Gasteiger partial charge in [0, 0.05) is 16.0 Å². The fourth-order valence-electron chi connectivity index (χ4n) is 4.04. The molecule has 0 bridgehead atoms. The molecule has 1 aromatic carbocycles. The Labute approximate surface area is 149 Å². The summed E-state index contributed by atoms with van der Waals surface area (Å²) in [5, 5.41) is 9.37. The first-order valence-corrected chi connectivity index (χ1v) is 9.63. The average molecular weight is 350 g/mol. The van der Waals surface area contributed by atoms with Crippen molar-refractivity contribution in [3.8, 4) is 11.3 Å². The summed E-state index contributed by atoms with van der Waals surface area (Å²) in [6.07, 6.45) is 4.92. The third-order valence-electron chi connectivity index (χ3n) is 5.27. The second kappa shape index (κ2) is 5.85. The normalized spacial score (nSPS) is 18.2. The zero-order valence-electron chi connectivity index (χ0n) is 13.7. The quantitative estimate of drug-likeness (QED) is 0.749. The Hall–Kier alpha value is -2.40. The van der Waals surface area contributed by atoms with Crippen LogP contribution in [-0.2, 0) is 19.3 Å². The average Bonchev–Trinajstić information content (AvgIpc) is 3.28. The number of nitrogens with zero attached hydrogens (tertiary/aromatic N) is 1. The first kappa shape index (κ1) is 14.9. The molecule has 1 amide bonds. The van der Waals surface area contributed by atoms with Gasteiger partial charge in [-0.1, -0.05) is 29.4 Å². The highest BCUT2D eigenvalue weighted by Crippen LogP contribution is 2.38. The predicted molar refractivity (Wildman–Crippen MR) is 96.8 cm³/mol. The zero-order valence-corrected chi connectivity index (χ0v) is 14.6. The molecule has 2 aliphatic carbocycles. The van der Waals surface area contributed by atoms with Crippen LogP contribution < -0.4 is 5.32 Å². The Morgan fingerprint density at radius 2 is 2.12 bits per heavy atom. The van der Waals surface area contributed by atoms with Crippen molar-refractivity contribution in [3.63, 3.8) is 0 Å². The lowest BCUT2D eigenvalue weighted by Crippen LogP contribution is -2.31. The number of benzene rings is 1. The van der Waals surface area contributed by atoms with Crippen LogP contribution in [0.5, 0.6) is 0 Å². The van der Waals surface area contributed by atoms with E-state index in [1.807, 2.05) is 6.07 Å². The fraction of sp³-hybridized carbons (Fsp3) is 0.300. The molecule has 25 heavy (non-hydrogen) atoms. The van der Waals surface area contributed by atoms with E-state index in [9.17, 15) is 4.79 Å². The van der Waals surface area contributed by atoms with Crippen LogP contribution in [-0.4, -0.2) is 11.1 Å². The largest absolute Gasteiger partial charge is 0.355 e. The van der Waals surface area contributed by atoms with E-state index in [2.05, 4.69) is 40.1 Å². The van der Waals surface area contributed by atoms with Gasteiger partial charge in [-0.2, -0.15) is 0 Å². The molecule has 2 aromatic heterocycles. The SMILES string of the molecule is O=C(NC1CCCc2ccccc21)c1noc2c1CCc1sccc1-2. The minimum absolute atomic E-state index is 0.0603.